The van der Waals surface area contributed by atoms with Gasteiger partial charge in [0.25, 0.3) is 0 Å². The molecule has 0 amide bonds. The van der Waals surface area contributed by atoms with Gasteiger partial charge in [0.2, 0.25) is 0 Å². The van der Waals surface area contributed by atoms with Crippen LogP contribution in [-0.4, -0.2) is 15.3 Å². The van der Waals surface area contributed by atoms with Crippen LogP contribution in [-0.2, 0) is 6.54 Å². The third-order valence-corrected chi connectivity index (χ3v) is 3.93. The lowest BCUT2D eigenvalue weighted by molar-refractivity contribution is 0.688. The van der Waals surface area contributed by atoms with E-state index in [2.05, 4.69) is 50.6 Å². The van der Waals surface area contributed by atoms with Crippen molar-refractivity contribution in [3.05, 3.63) is 34.9 Å². The van der Waals surface area contributed by atoms with Gasteiger partial charge in [-0.1, -0.05) is 39.8 Å². The number of hydrogen-bond acceptors (Lipinski definition) is 3. The molecule has 1 aromatic heterocycles. The van der Waals surface area contributed by atoms with Crippen LogP contribution in [0.25, 0.3) is 11.3 Å². The Balaban J connectivity index is 2.36. The fourth-order valence-corrected chi connectivity index (χ4v) is 2.70. The number of benzene rings is 1. The molecule has 0 atom stereocenters. The summed E-state index contributed by atoms with van der Waals surface area (Å²) in [6.07, 6.45) is 1.87. The topological polar surface area (TPSA) is 41.6 Å². The molecule has 1 aromatic carbocycles. The van der Waals surface area contributed by atoms with E-state index in [1.165, 1.54) is 11.8 Å². The molecule has 0 spiro atoms. The van der Waals surface area contributed by atoms with Crippen LogP contribution in [0.1, 0.15) is 6.92 Å². The van der Waals surface area contributed by atoms with Gasteiger partial charge in [-0.15, -0.1) is 0 Å². The molecular weight excluding hydrogens is 310 g/mol. The molecule has 0 unspecified atom stereocenters. The van der Waals surface area contributed by atoms with E-state index in [1.54, 1.807) is 0 Å². The van der Waals surface area contributed by atoms with E-state index >= 15 is 0 Å². The maximum Gasteiger partial charge on any atom is 0.169 e. The van der Waals surface area contributed by atoms with Gasteiger partial charge in [0, 0.05) is 11.0 Å². The van der Waals surface area contributed by atoms with Crippen molar-refractivity contribution in [2.75, 3.05) is 5.75 Å². The highest BCUT2D eigenvalue weighted by Gasteiger charge is 2.10. The number of aromatic nitrogens is 2. The van der Waals surface area contributed by atoms with Crippen molar-refractivity contribution in [3.63, 3.8) is 0 Å². The maximum atomic E-state index is 8.63. The fourth-order valence-electron chi connectivity index (χ4n) is 1.73. The Morgan fingerprint density at radius 1 is 1.39 bits per heavy atom. The van der Waals surface area contributed by atoms with Gasteiger partial charge in [0.15, 0.2) is 5.16 Å². The summed E-state index contributed by atoms with van der Waals surface area (Å²) >= 11 is 4.90. The lowest BCUT2D eigenvalue weighted by Gasteiger charge is -2.08. The molecule has 0 saturated carbocycles. The minimum absolute atomic E-state index is 0.427. The number of imidazole rings is 1. The molecule has 0 N–H and O–H groups in total. The van der Waals surface area contributed by atoms with Gasteiger partial charge < -0.3 is 4.57 Å². The number of nitriles is 1. The SMILES string of the molecule is CCn1c(-c2ccc(Br)cc2)cnc1SCC#N. The van der Waals surface area contributed by atoms with E-state index in [0.717, 1.165) is 27.4 Å². The number of rotatable bonds is 4. The molecular formula is C13H12BrN3S. The maximum absolute atomic E-state index is 8.63. The summed E-state index contributed by atoms with van der Waals surface area (Å²) in [5.74, 6) is 0.427. The molecule has 3 nitrogen and oxygen atoms in total. The lowest BCUT2D eigenvalue weighted by Crippen LogP contribution is -1.99. The minimum Gasteiger partial charge on any atom is -0.319 e. The van der Waals surface area contributed by atoms with Crippen LogP contribution in [0.2, 0.25) is 0 Å². The molecule has 0 radical (unpaired) electrons. The van der Waals surface area contributed by atoms with Crippen LogP contribution in [0.3, 0.4) is 0 Å². The summed E-state index contributed by atoms with van der Waals surface area (Å²) in [5, 5.41) is 9.53. The molecule has 2 aromatic rings. The second-order valence-electron chi connectivity index (χ2n) is 3.62. The lowest BCUT2D eigenvalue weighted by atomic mass is 10.2. The second-order valence-corrected chi connectivity index (χ2v) is 5.48. The van der Waals surface area contributed by atoms with Crippen LogP contribution in [0.5, 0.6) is 0 Å². The quantitative estimate of drug-likeness (QED) is 0.801. The van der Waals surface area contributed by atoms with E-state index in [1.807, 2.05) is 18.3 Å². The van der Waals surface area contributed by atoms with Crippen molar-refractivity contribution in [2.24, 2.45) is 0 Å². The predicted octanol–water partition coefficient (Wildman–Crippen LogP) is 3.95. The minimum atomic E-state index is 0.427. The van der Waals surface area contributed by atoms with Crippen molar-refractivity contribution >= 4 is 27.7 Å². The highest BCUT2D eigenvalue weighted by molar-refractivity contribution is 9.10. The van der Waals surface area contributed by atoms with Gasteiger partial charge in [-0.3, -0.25) is 0 Å². The summed E-state index contributed by atoms with van der Waals surface area (Å²) in [5.41, 5.74) is 2.22. The van der Waals surface area contributed by atoms with Crippen molar-refractivity contribution in [2.45, 2.75) is 18.6 Å². The first kappa shape index (κ1) is 13.2. The van der Waals surface area contributed by atoms with Crippen molar-refractivity contribution in [1.82, 2.24) is 9.55 Å². The summed E-state index contributed by atoms with van der Waals surface area (Å²) in [7, 11) is 0. The number of halogens is 1. The molecule has 5 heteroatoms. The number of nitrogens with zero attached hydrogens (tertiary/aromatic N) is 3. The van der Waals surface area contributed by atoms with E-state index in [0.29, 0.717) is 5.75 Å². The fraction of sp³-hybridized carbons (Fsp3) is 0.231. The Kier molecular flexibility index (Phi) is 4.45. The molecule has 92 valence electrons. The molecule has 1 heterocycles. The molecule has 0 aliphatic carbocycles. The Bertz CT molecular complexity index is 569. The Labute approximate surface area is 119 Å². The summed E-state index contributed by atoms with van der Waals surface area (Å²) in [6, 6.07) is 10.3. The first-order valence-electron chi connectivity index (χ1n) is 5.57. The largest absolute Gasteiger partial charge is 0.319 e. The smallest absolute Gasteiger partial charge is 0.169 e. The van der Waals surface area contributed by atoms with Crippen molar-refractivity contribution in [3.8, 4) is 17.3 Å². The van der Waals surface area contributed by atoms with E-state index < -0.39 is 0 Å². The van der Waals surface area contributed by atoms with Crippen LogP contribution in [0.15, 0.2) is 40.1 Å². The molecule has 0 saturated heterocycles. The molecule has 2 rings (SSSR count). The Hall–Kier alpha value is -1.25. The molecule has 18 heavy (non-hydrogen) atoms. The molecule has 0 bridgehead atoms. The first-order valence-corrected chi connectivity index (χ1v) is 7.35. The highest BCUT2D eigenvalue weighted by Crippen LogP contribution is 2.26. The standard InChI is InChI=1S/C13H12BrN3S/c1-2-17-12(9-16-13(17)18-8-7-15)10-3-5-11(14)6-4-10/h3-6,9H,2,8H2,1H3. The monoisotopic (exact) mass is 321 g/mol. The van der Waals surface area contributed by atoms with E-state index in [9.17, 15) is 0 Å². The average Bonchev–Trinajstić information content (AvgIpc) is 2.80. The van der Waals surface area contributed by atoms with Gasteiger partial charge in [-0.2, -0.15) is 5.26 Å². The van der Waals surface area contributed by atoms with Crippen molar-refractivity contribution < 1.29 is 0 Å². The first-order chi connectivity index (χ1) is 8.76. The van der Waals surface area contributed by atoms with E-state index in [4.69, 9.17) is 5.26 Å². The average molecular weight is 322 g/mol. The molecule has 0 aliphatic heterocycles. The Morgan fingerprint density at radius 3 is 2.72 bits per heavy atom. The van der Waals surface area contributed by atoms with Crippen LogP contribution < -0.4 is 0 Å². The predicted molar refractivity (Wildman–Crippen MR) is 77.4 cm³/mol. The van der Waals surface area contributed by atoms with Gasteiger partial charge in [0.1, 0.15) is 0 Å². The highest BCUT2D eigenvalue weighted by atomic mass is 79.9. The van der Waals surface area contributed by atoms with Crippen LogP contribution >= 0.6 is 27.7 Å². The third-order valence-electron chi connectivity index (χ3n) is 2.54. The summed E-state index contributed by atoms with van der Waals surface area (Å²) in [6.45, 7) is 2.93. The van der Waals surface area contributed by atoms with Gasteiger partial charge >= 0.3 is 0 Å². The third kappa shape index (κ3) is 2.77. The van der Waals surface area contributed by atoms with Gasteiger partial charge in [0.05, 0.1) is 23.7 Å². The Morgan fingerprint density at radius 2 is 2.11 bits per heavy atom. The van der Waals surface area contributed by atoms with E-state index in [-0.39, 0.29) is 0 Å². The molecule has 0 aliphatic rings. The number of thioether (sulfide) groups is 1. The second kappa shape index (κ2) is 6.07. The van der Waals surface area contributed by atoms with Gasteiger partial charge in [-0.05, 0) is 24.6 Å². The van der Waals surface area contributed by atoms with Crippen LogP contribution in [0, 0.1) is 11.3 Å². The van der Waals surface area contributed by atoms with Gasteiger partial charge in [-0.25, -0.2) is 4.98 Å². The zero-order valence-electron chi connectivity index (χ0n) is 9.93. The zero-order valence-corrected chi connectivity index (χ0v) is 12.3. The molecule has 0 fully saturated rings. The zero-order chi connectivity index (χ0) is 13.0. The summed E-state index contributed by atoms with van der Waals surface area (Å²) in [4.78, 5) is 4.39. The summed E-state index contributed by atoms with van der Waals surface area (Å²) < 4.78 is 3.19. The normalized spacial score (nSPS) is 10.3. The van der Waals surface area contributed by atoms with Crippen LogP contribution in [0.4, 0.5) is 0 Å². The van der Waals surface area contributed by atoms with Crippen molar-refractivity contribution in [1.29, 1.82) is 5.26 Å². The number of hydrogen-bond donors (Lipinski definition) is 0.